The third-order valence-electron chi connectivity index (χ3n) is 3.37. The lowest BCUT2D eigenvalue weighted by atomic mass is 10.0. The number of aryl methyl sites for hydroxylation is 1. The standard InChI is InChI=1S/C12H19N3O2/c1-14-9-13-7-10(14)8-15-6-4-3-5-11(15)12(16)17-2/h7,9,11H,3-6,8H2,1-2H3/t11-/m1/s1. The average molecular weight is 237 g/mol. The number of methoxy groups -OCH3 is 1. The predicted molar refractivity (Wildman–Crippen MR) is 63.3 cm³/mol. The Morgan fingerprint density at radius 3 is 3.06 bits per heavy atom. The minimum absolute atomic E-state index is 0.0938. The van der Waals surface area contributed by atoms with E-state index in [-0.39, 0.29) is 12.0 Å². The van der Waals surface area contributed by atoms with Crippen molar-refractivity contribution in [2.24, 2.45) is 7.05 Å². The zero-order valence-electron chi connectivity index (χ0n) is 10.4. The molecule has 0 aliphatic carbocycles. The van der Waals surface area contributed by atoms with E-state index in [0.29, 0.717) is 0 Å². The maximum absolute atomic E-state index is 11.7. The Kier molecular flexibility index (Phi) is 3.78. The van der Waals surface area contributed by atoms with Gasteiger partial charge in [-0.05, 0) is 19.4 Å². The molecule has 5 heteroatoms. The second-order valence-electron chi connectivity index (χ2n) is 4.50. The number of rotatable bonds is 3. The van der Waals surface area contributed by atoms with Crippen LogP contribution in [0, 0.1) is 0 Å². The molecule has 0 radical (unpaired) electrons. The fraction of sp³-hybridized carbons (Fsp3) is 0.667. The van der Waals surface area contributed by atoms with Crippen molar-refractivity contribution in [2.45, 2.75) is 31.8 Å². The van der Waals surface area contributed by atoms with E-state index in [1.165, 1.54) is 7.11 Å². The first-order chi connectivity index (χ1) is 8.22. The summed E-state index contributed by atoms with van der Waals surface area (Å²) < 4.78 is 6.86. The molecular formula is C12H19N3O2. The average Bonchev–Trinajstić information content (AvgIpc) is 2.75. The molecule has 1 aromatic rings. The molecule has 1 saturated heterocycles. The molecule has 2 heterocycles. The van der Waals surface area contributed by atoms with Gasteiger partial charge in [-0.15, -0.1) is 0 Å². The summed E-state index contributed by atoms with van der Waals surface area (Å²) >= 11 is 0. The van der Waals surface area contributed by atoms with Crippen LogP contribution in [-0.4, -0.2) is 40.1 Å². The van der Waals surface area contributed by atoms with Crippen molar-refractivity contribution < 1.29 is 9.53 Å². The Morgan fingerprint density at radius 2 is 2.41 bits per heavy atom. The van der Waals surface area contributed by atoms with Crippen LogP contribution in [0.1, 0.15) is 25.0 Å². The summed E-state index contributed by atoms with van der Waals surface area (Å²) in [5, 5.41) is 0. The zero-order valence-corrected chi connectivity index (χ0v) is 10.4. The van der Waals surface area contributed by atoms with Crippen LogP contribution in [0.3, 0.4) is 0 Å². The van der Waals surface area contributed by atoms with Gasteiger partial charge in [0.2, 0.25) is 0 Å². The first-order valence-corrected chi connectivity index (χ1v) is 5.99. The van der Waals surface area contributed by atoms with Gasteiger partial charge in [-0.3, -0.25) is 9.69 Å². The highest BCUT2D eigenvalue weighted by atomic mass is 16.5. The molecule has 0 aromatic carbocycles. The summed E-state index contributed by atoms with van der Waals surface area (Å²) in [7, 11) is 3.43. The van der Waals surface area contributed by atoms with E-state index in [1.54, 1.807) is 6.33 Å². The number of likely N-dealkylation sites (tertiary alicyclic amines) is 1. The second kappa shape index (κ2) is 5.31. The predicted octanol–water partition coefficient (Wildman–Crippen LogP) is 0.948. The Hall–Kier alpha value is -1.36. The summed E-state index contributed by atoms with van der Waals surface area (Å²) in [4.78, 5) is 18.0. The molecule has 0 saturated carbocycles. The third-order valence-corrected chi connectivity index (χ3v) is 3.37. The number of piperidine rings is 1. The fourth-order valence-electron chi connectivity index (χ4n) is 2.33. The number of nitrogens with zero attached hydrogens (tertiary/aromatic N) is 3. The van der Waals surface area contributed by atoms with E-state index < -0.39 is 0 Å². The molecule has 1 aliphatic heterocycles. The van der Waals surface area contributed by atoms with Crippen LogP contribution in [0.15, 0.2) is 12.5 Å². The van der Waals surface area contributed by atoms with Gasteiger partial charge < -0.3 is 9.30 Å². The highest BCUT2D eigenvalue weighted by Gasteiger charge is 2.29. The first-order valence-electron chi connectivity index (χ1n) is 5.99. The van der Waals surface area contributed by atoms with Crippen LogP contribution in [0.2, 0.25) is 0 Å². The van der Waals surface area contributed by atoms with Gasteiger partial charge in [0, 0.05) is 19.8 Å². The van der Waals surface area contributed by atoms with Crippen LogP contribution < -0.4 is 0 Å². The second-order valence-corrected chi connectivity index (χ2v) is 4.50. The molecule has 17 heavy (non-hydrogen) atoms. The number of carbonyl (C=O) groups excluding carboxylic acids is 1. The summed E-state index contributed by atoms with van der Waals surface area (Å²) in [6.07, 6.45) is 6.77. The highest BCUT2D eigenvalue weighted by molar-refractivity contribution is 5.75. The topological polar surface area (TPSA) is 47.4 Å². The minimum atomic E-state index is -0.119. The van der Waals surface area contributed by atoms with Crippen LogP contribution in [-0.2, 0) is 23.1 Å². The molecule has 0 amide bonds. The summed E-state index contributed by atoms with van der Waals surface area (Å²) in [6.45, 7) is 1.71. The van der Waals surface area contributed by atoms with Gasteiger partial charge in [-0.1, -0.05) is 6.42 Å². The van der Waals surface area contributed by atoms with Gasteiger partial charge in [0.25, 0.3) is 0 Å². The lowest BCUT2D eigenvalue weighted by molar-refractivity contribution is -0.148. The van der Waals surface area contributed by atoms with Gasteiger partial charge in [0.15, 0.2) is 0 Å². The molecule has 5 nitrogen and oxygen atoms in total. The Balaban J connectivity index is 2.06. The van der Waals surface area contributed by atoms with E-state index in [0.717, 1.165) is 38.0 Å². The molecule has 0 spiro atoms. The van der Waals surface area contributed by atoms with Crippen molar-refractivity contribution in [3.05, 3.63) is 18.2 Å². The normalized spacial score (nSPS) is 21.4. The van der Waals surface area contributed by atoms with Gasteiger partial charge in [0.1, 0.15) is 6.04 Å². The van der Waals surface area contributed by atoms with Crippen molar-refractivity contribution >= 4 is 5.97 Å². The molecule has 1 aromatic heterocycles. The van der Waals surface area contributed by atoms with Gasteiger partial charge >= 0.3 is 5.97 Å². The van der Waals surface area contributed by atoms with E-state index in [9.17, 15) is 4.79 Å². The number of esters is 1. The summed E-state index contributed by atoms with van der Waals surface area (Å²) in [5.41, 5.74) is 1.13. The fourth-order valence-corrected chi connectivity index (χ4v) is 2.33. The molecule has 94 valence electrons. The Labute approximate surface area is 101 Å². The minimum Gasteiger partial charge on any atom is -0.468 e. The number of imidazole rings is 1. The monoisotopic (exact) mass is 237 g/mol. The van der Waals surface area contributed by atoms with Crippen LogP contribution in [0.4, 0.5) is 0 Å². The highest BCUT2D eigenvalue weighted by Crippen LogP contribution is 2.20. The van der Waals surface area contributed by atoms with Crippen molar-refractivity contribution in [3.8, 4) is 0 Å². The smallest absolute Gasteiger partial charge is 0.323 e. The molecule has 0 N–H and O–H groups in total. The summed E-state index contributed by atoms with van der Waals surface area (Å²) in [6, 6.07) is -0.0938. The van der Waals surface area contributed by atoms with Crippen molar-refractivity contribution in [1.82, 2.24) is 14.5 Å². The van der Waals surface area contributed by atoms with Gasteiger partial charge in [-0.2, -0.15) is 0 Å². The molecule has 0 bridgehead atoms. The number of hydrogen-bond acceptors (Lipinski definition) is 4. The number of carbonyl (C=O) groups is 1. The molecule has 1 fully saturated rings. The van der Waals surface area contributed by atoms with Gasteiger partial charge in [-0.25, -0.2) is 4.98 Å². The lowest BCUT2D eigenvalue weighted by Crippen LogP contribution is -2.44. The van der Waals surface area contributed by atoms with E-state index in [4.69, 9.17) is 4.74 Å². The van der Waals surface area contributed by atoms with Crippen LogP contribution >= 0.6 is 0 Å². The molecule has 0 unspecified atom stereocenters. The van der Waals surface area contributed by atoms with Crippen molar-refractivity contribution in [3.63, 3.8) is 0 Å². The lowest BCUT2D eigenvalue weighted by Gasteiger charge is -2.33. The molecule has 1 atom stereocenters. The molecule has 2 rings (SSSR count). The van der Waals surface area contributed by atoms with E-state index >= 15 is 0 Å². The van der Waals surface area contributed by atoms with E-state index in [2.05, 4.69) is 9.88 Å². The maximum atomic E-state index is 11.7. The number of ether oxygens (including phenoxy) is 1. The Morgan fingerprint density at radius 1 is 1.59 bits per heavy atom. The SMILES string of the molecule is COC(=O)[C@H]1CCCCN1Cc1cncn1C. The quantitative estimate of drug-likeness (QED) is 0.734. The van der Waals surface area contributed by atoms with Crippen LogP contribution in [0.5, 0.6) is 0 Å². The maximum Gasteiger partial charge on any atom is 0.323 e. The van der Waals surface area contributed by atoms with Crippen molar-refractivity contribution in [2.75, 3.05) is 13.7 Å². The number of hydrogen-bond donors (Lipinski definition) is 0. The zero-order chi connectivity index (χ0) is 12.3. The van der Waals surface area contributed by atoms with Crippen molar-refractivity contribution in [1.29, 1.82) is 0 Å². The Bertz CT molecular complexity index is 389. The number of aromatic nitrogens is 2. The largest absolute Gasteiger partial charge is 0.468 e. The van der Waals surface area contributed by atoms with E-state index in [1.807, 2.05) is 17.8 Å². The van der Waals surface area contributed by atoms with Crippen LogP contribution in [0.25, 0.3) is 0 Å². The molecule has 1 aliphatic rings. The third kappa shape index (κ3) is 2.66. The van der Waals surface area contributed by atoms with Gasteiger partial charge in [0.05, 0.1) is 19.1 Å². The first kappa shape index (κ1) is 12.1. The molecular weight excluding hydrogens is 218 g/mol. The summed E-state index contributed by atoms with van der Waals surface area (Å²) in [5.74, 6) is -0.119.